The molecule has 1 aliphatic rings. The monoisotopic (exact) mass is 431 g/mol. The molecule has 1 saturated carbocycles. The average molecular weight is 432 g/mol. The topological polar surface area (TPSA) is 50.5 Å². The highest BCUT2D eigenvalue weighted by Crippen LogP contribution is 2.35. The molecular weight excluding hydrogens is 398 g/mol. The Labute approximate surface area is 191 Å². The van der Waals surface area contributed by atoms with Gasteiger partial charge in [0.2, 0.25) is 5.88 Å². The molecule has 3 aromatic rings. The van der Waals surface area contributed by atoms with Gasteiger partial charge >= 0.3 is 0 Å². The number of hydrogen-bond acceptors (Lipinski definition) is 4. The second-order valence-corrected chi connectivity index (χ2v) is 8.71. The molecule has 5 nitrogen and oxygen atoms in total. The molecule has 1 heterocycles. The van der Waals surface area contributed by atoms with E-state index in [1.165, 1.54) is 18.4 Å². The van der Waals surface area contributed by atoms with Crippen LogP contribution in [0.1, 0.15) is 42.5 Å². The molecule has 2 aromatic carbocycles. The number of allylic oxidation sites excluding steroid dienone is 1. The van der Waals surface area contributed by atoms with Crippen molar-refractivity contribution in [2.24, 2.45) is 0 Å². The van der Waals surface area contributed by atoms with E-state index in [9.17, 15) is 5.11 Å². The average Bonchev–Trinajstić information content (AvgIpc) is 3.60. The first-order chi connectivity index (χ1) is 15.5. The lowest BCUT2D eigenvalue weighted by molar-refractivity contribution is 0.0975. The summed E-state index contributed by atoms with van der Waals surface area (Å²) in [4.78, 5) is 2.38. The smallest absolute Gasteiger partial charge is 0.227 e. The third kappa shape index (κ3) is 5.47. The molecule has 4 rings (SSSR count). The summed E-state index contributed by atoms with van der Waals surface area (Å²) in [6.07, 6.45) is 5.42. The van der Waals surface area contributed by atoms with Crippen LogP contribution in [-0.4, -0.2) is 38.5 Å². The van der Waals surface area contributed by atoms with E-state index in [1.54, 1.807) is 0 Å². The van der Waals surface area contributed by atoms with E-state index in [2.05, 4.69) is 30.5 Å². The van der Waals surface area contributed by atoms with Gasteiger partial charge < -0.3 is 9.84 Å². The summed E-state index contributed by atoms with van der Waals surface area (Å²) in [5.74, 6) is 1.53. The summed E-state index contributed by atoms with van der Waals surface area (Å²) in [5.41, 5.74) is 4.17. The Bertz CT molecular complexity index is 1020. The summed E-state index contributed by atoms with van der Waals surface area (Å²) in [7, 11) is 0. The molecule has 0 aliphatic heterocycles. The van der Waals surface area contributed by atoms with Gasteiger partial charge in [-0.25, -0.2) is 4.68 Å². The first-order valence-electron chi connectivity index (χ1n) is 11.5. The minimum absolute atomic E-state index is 0.362. The SMILES string of the molecule is C=CCC[C@@H](O)CN(Cc1c(C)nn(-c2ccccc2)c1Oc1ccc(C)cc1)C1CC1. The number of aromatic nitrogens is 2. The lowest BCUT2D eigenvalue weighted by Gasteiger charge is -2.25. The molecule has 32 heavy (non-hydrogen) atoms. The van der Waals surface area contributed by atoms with Gasteiger partial charge in [-0.1, -0.05) is 42.0 Å². The second-order valence-electron chi connectivity index (χ2n) is 8.71. The van der Waals surface area contributed by atoms with Crippen LogP contribution in [0.25, 0.3) is 5.69 Å². The van der Waals surface area contributed by atoms with Gasteiger partial charge in [-0.05, 0) is 63.8 Å². The van der Waals surface area contributed by atoms with Crippen molar-refractivity contribution < 1.29 is 9.84 Å². The predicted molar refractivity (Wildman–Crippen MR) is 128 cm³/mol. The van der Waals surface area contributed by atoms with Crippen LogP contribution >= 0.6 is 0 Å². The van der Waals surface area contributed by atoms with Crippen LogP contribution in [0.4, 0.5) is 0 Å². The first kappa shape index (κ1) is 22.3. The van der Waals surface area contributed by atoms with Gasteiger partial charge in [0.25, 0.3) is 0 Å². The zero-order valence-corrected chi connectivity index (χ0v) is 19.1. The van der Waals surface area contributed by atoms with Gasteiger partial charge in [0.05, 0.1) is 23.0 Å². The molecule has 0 radical (unpaired) electrons. The lowest BCUT2D eigenvalue weighted by atomic mass is 10.1. The number of aliphatic hydroxyl groups is 1. The summed E-state index contributed by atoms with van der Waals surface area (Å²) in [5, 5.41) is 15.4. The molecule has 0 amide bonds. The largest absolute Gasteiger partial charge is 0.439 e. The van der Waals surface area contributed by atoms with Crippen LogP contribution in [0, 0.1) is 13.8 Å². The number of aliphatic hydroxyl groups excluding tert-OH is 1. The highest BCUT2D eigenvalue weighted by molar-refractivity contribution is 5.43. The maximum atomic E-state index is 10.5. The van der Waals surface area contributed by atoms with Crippen LogP contribution in [0.15, 0.2) is 67.3 Å². The van der Waals surface area contributed by atoms with Crippen molar-refractivity contribution in [2.75, 3.05) is 6.54 Å². The van der Waals surface area contributed by atoms with Crippen molar-refractivity contribution in [3.8, 4) is 17.3 Å². The highest BCUT2D eigenvalue weighted by Gasteiger charge is 2.32. The van der Waals surface area contributed by atoms with E-state index in [4.69, 9.17) is 9.84 Å². The van der Waals surface area contributed by atoms with Crippen LogP contribution in [0.3, 0.4) is 0 Å². The van der Waals surface area contributed by atoms with E-state index in [-0.39, 0.29) is 6.10 Å². The summed E-state index contributed by atoms with van der Waals surface area (Å²) in [6, 6.07) is 18.7. The lowest BCUT2D eigenvalue weighted by Crippen LogP contribution is -2.34. The fourth-order valence-corrected chi connectivity index (χ4v) is 3.95. The number of benzene rings is 2. The zero-order valence-electron chi connectivity index (χ0n) is 19.1. The van der Waals surface area contributed by atoms with Gasteiger partial charge in [0, 0.05) is 19.1 Å². The molecule has 0 bridgehead atoms. The van der Waals surface area contributed by atoms with Crippen molar-refractivity contribution in [3.05, 3.63) is 84.1 Å². The fourth-order valence-electron chi connectivity index (χ4n) is 3.95. The van der Waals surface area contributed by atoms with E-state index < -0.39 is 0 Å². The number of para-hydroxylation sites is 1. The molecular formula is C27H33N3O2. The Balaban J connectivity index is 1.66. The van der Waals surface area contributed by atoms with E-state index >= 15 is 0 Å². The molecule has 5 heteroatoms. The van der Waals surface area contributed by atoms with Crippen molar-refractivity contribution in [1.82, 2.24) is 14.7 Å². The molecule has 1 atom stereocenters. The van der Waals surface area contributed by atoms with E-state index in [1.807, 2.05) is 60.1 Å². The van der Waals surface area contributed by atoms with Crippen molar-refractivity contribution >= 4 is 0 Å². The maximum absolute atomic E-state index is 10.5. The maximum Gasteiger partial charge on any atom is 0.227 e. The van der Waals surface area contributed by atoms with Crippen LogP contribution in [0.5, 0.6) is 11.6 Å². The van der Waals surface area contributed by atoms with Gasteiger partial charge in [-0.2, -0.15) is 5.10 Å². The highest BCUT2D eigenvalue weighted by atomic mass is 16.5. The molecule has 0 spiro atoms. The number of aryl methyl sites for hydroxylation is 2. The Kier molecular flexibility index (Phi) is 7.08. The van der Waals surface area contributed by atoms with Crippen LogP contribution in [0.2, 0.25) is 0 Å². The zero-order chi connectivity index (χ0) is 22.5. The van der Waals surface area contributed by atoms with E-state index in [0.29, 0.717) is 19.1 Å². The van der Waals surface area contributed by atoms with Gasteiger partial charge in [-0.3, -0.25) is 4.90 Å². The Morgan fingerprint density at radius 3 is 2.53 bits per heavy atom. The van der Waals surface area contributed by atoms with Crippen LogP contribution in [-0.2, 0) is 6.54 Å². The molecule has 168 valence electrons. The fraction of sp³-hybridized carbons (Fsp3) is 0.370. The Morgan fingerprint density at radius 2 is 1.88 bits per heavy atom. The minimum Gasteiger partial charge on any atom is -0.439 e. The Morgan fingerprint density at radius 1 is 1.16 bits per heavy atom. The molecule has 1 N–H and O–H groups in total. The Hall–Kier alpha value is -2.89. The minimum atomic E-state index is -0.362. The molecule has 1 aromatic heterocycles. The van der Waals surface area contributed by atoms with Crippen molar-refractivity contribution in [1.29, 1.82) is 0 Å². The van der Waals surface area contributed by atoms with Gasteiger partial charge in [-0.15, -0.1) is 6.58 Å². The third-order valence-corrected chi connectivity index (χ3v) is 5.95. The molecule has 1 aliphatic carbocycles. The van der Waals surface area contributed by atoms with Crippen LogP contribution < -0.4 is 4.74 Å². The second kappa shape index (κ2) is 10.2. The predicted octanol–water partition coefficient (Wildman–Crippen LogP) is 5.57. The number of hydrogen-bond donors (Lipinski definition) is 1. The quantitative estimate of drug-likeness (QED) is 0.403. The normalized spacial score (nSPS) is 14.5. The summed E-state index contributed by atoms with van der Waals surface area (Å²) < 4.78 is 8.33. The number of rotatable bonds is 11. The molecule has 1 fully saturated rings. The molecule has 0 saturated heterocycles. The first-order valence-corrected chi connectivity index (χ1v) is 11.5. The van der Waals surface area contributed by atoms with Crippen molar-refractivity contribution in [3.63, 3.8) is 0 Å². The number of ether oxygens (including phenoxy) is 1. The standard InChI is InChI=1S/C27H33N3O2/c1-4-5-11-24(31)18-29(22-14-15-22)19-26-21(3)28-30(23-9-7-6-8-10-23)27(26)32-25-16-12-20(2)13-17-25/h4,6-10,12-13,16-17,22,24,31H,1,5,11,14-15,18-19H2,2-3H3/t24-/m1/s1. The summed E-state index contributed by atoms with van der Waals surface area (Å²) in [6.45, 7) is 9.24. The number of nitrogens with zero attached hydrogens (tertiary/aromatic N) is 3. The molecule has 0 unspecified atom stereocenters. The third-order valence-electron chi connectivity index (χ3n) is 5.95. The summed E-state index contributed by atoms with van der Waals surface area (Å²) >= 11 is 0. The van der Waals surface area contributed by atoms with E-state index in [0.717, 1.165) is 41.4 Å². The van der Waals surface area contributed by atoms with Gasteiger partial charge in [0.1, 0.15) is 5.75 Å². The van der Waals surface area contributed by atoms with Crippen molar-refractivity contribution in [2.45, 2.75) is 58.2 Å². The van der Waals surface area contributed by atoms with Gasteiger partial charge in [0.15, 0.2) is 0 Å².